The van der Waals surface area contributed by atoms with Gasteiger partial charge in [0.25, 0.3) is 0 Å². The van der Waals surface area contributed by atoms with Crippen molar-refractivity contribution >= 4 is 0 Å². The van der Waals surface area contributed by atoms with Gasteiger partial charge in [-0.1, -0.05) is 31.0 Å². The second-order valence-corrected chi connectivity index (χ2v) is 5.28. The predicted molar refractivity (Wildman–Crippen MR) is 70.8 cm³/mol. The van der Waals surface area contributed by atoms with E-state index in [1.54, 1.807) is 18.2 Å². The smallest absolute Gasteiger partial charge is 0.129 e. The van der Waals surface area contributed by atoms with Crippen LogP contribution in [0, 0.1) is 11.7 Å². The Kier molecular flexibility index (Phi) is 4.72. The Bertz CT molecular complexity index is 377. The van der Waals surface area contributed by atoms with E-state index in [1.807, 2.05) is 0 Å². The molecule has 1 fully saturated rings. The number of hydrogen-bond acceptors (Lipinski definition) is 2. The lowest BCUT2D eigenvalue weighted by Gasteiger charge is -2.22. The molecule has 1 aromatic carbocycles. The highest BCUT2D eigenvalue weighted by Gasteiger charge is 2.22. The first-order valence-corrected chi connectivity index (χ1v) is 6.84. The van der Waals surface area contributed by atoms with Gasteiger partial charge in [-0.25, -0.2) is 4.39 Å². The molecule has 0 bridgehead atoms. The van der Waals surface area contributed by atoms with Crippen molar-refractivity contribution in [3.8, 4) is 0 Å². The maximum Gasteiger partial charge on any atom is 0.129 e. The van der Waals surface area contributed by atoms with Gasteiger partial charge in [0.15, 0.2) is 0 Å². The fraction of sp³-hybridized carbons (Fsp3) is 0.600. The molecule has 1 saturated carbocycles. The molecule has 3 heteroatoms. The van der Waals surface area contributed by atoms with Gasteiger partial charge in [-0.3, -0.25) is 0 Å². The number of rotatable bonds is 5. The van der Waals surface area contributed by atoms with Crippen molar-refractivity contribution in [2.45, 2.75) is 44.8 Å². The summed E-state index contributed by atoms with van der Waals surface area (Å²) >= 11 is 0. The Hall–Kier alpha value is -0.930. The molecule has 0 spiro atoms. The monoisotopic (exact) mass is 251 g/mol. The lowest BCUT2D eigenvalue weighted by Crippen LogP contribution is -2.35. The zero-order valence-corrected chi connectivity index (χ0v) is 10.9. The van der Waals surface area contributed by atoms with Crippen LogP contribution in [0.3, 0.4) is 0 Å². The summed E-state index contributed by atoms with van der Waals surface area (Å²) in [7, 11) is 0. The largest absolute Gasteiger partial charge is 0.387 e. The van der Waals surface area contributed by atoms with Gasteiger partial charge in [-0.05, 0) is 31.7 Å². The molecule has 1 unspecified atom stereocenters. The van der Waals surface area contributed by atoms with Gasteiger partial charge < -0.3 is 10.4 Å². The maximum absolute atomic E-state index is 13.5. The van der Waals surface area contributed by atoms with Crippen LogP contribution in [0.25, 0.3) is 0 Å². The minimum Gasteiger partial charge on any atom is -0.387 e. The van der Waals surface area contributed by atoms with Gasteiger partial charge in [-0.15, -0.1) is 0 Å². The number of hydrogen-bond donors (Lipinski definition) is 2. The molecule has 2 rings (SSSR count). The van der Waals surface area contributed by atoms with Gasteiger partial charge in [0, 0.05) is 18.2 Å². The second kappa shape index (κ2) is 6.30. The van der Waals surface area contributed by atoms with E-state index in [4.69, 9.17) is 0 Å². The Labute approximate surface area is 108 Å². The standard InChI is InChI=1S/C15H22FNO/c1-11(12-6-2-3-7-12)17-10-15(18)13-8-4-5-9-14(13)16/h4-5,8-9,11-12,15,17-18H,2-3,6-7,10H2,1H3/t11-,15?/m0/s1. The molecule has 0 aliphatic heterocycles. The molecule has 0 heterocycles. The Balaban J connectivity index is 1.84. The molecule has 2 N–H and O–H groups in total. The van der Waals surface area contributed by atoms with Gasteiger partial charge in [0.05, 0.1) is 6.10 Å². The molecule has 100 valence electrons. The van der Waals surface area contributed by atoms with E-state index in [0.29, 0.717) is 24.1 Å². The van der Waals surface area contributed by atoms with Crippen LogP contribution in [0.15, 0.2) is 24.3 Å². The third-order valence-electron chi connectivity index (χ3n) is 4.00. The van der Waals surface area contributed by atoms with Crippen molar-refractivity contribution in [1.82, 2.24) is 5.32 Å². The topological polar surface area (TPSA) is 32.3 Å². The summed E-state index contributed by atoms with van der Waals surface area (Å²) in [6.07, 6.45) is 4.39. The van der Waals surface area contributed by atoms with E-state index in [2.05, 4.69) is 12.2 Å². The van der Waals surface area contributed by atoms with Crippen LogP contribution in [0.4, 0.5) is 4.39 Å². The van der Waals surface area contributed by atoms with Crippen molar-refractivity contribution in [3.63, 3.8) is 0 Å². The van der Waals surface area contributed by atoms with Crippen LogP contribution in [0.1, 0.15) is 44.3 Å². The first-order chi connectivity index (χ1) is 8.68. The second-order valence-electron chi connectivity index (χ2n) is 5.28. The molecular formula is C15H22FNO. The van der Waals surface area contributed by atoms with E-state index in [9.17, 15) is 9.50 Å². The quantitative estimate of drug-likeness (QED) is 0.843. The Morgan fingerprint density at radius 3 is 2.67 bits per heavy atom. The van der Waals surface area contributed by atoms with Crippen LogP contribution in [0.5, 0.6) is 0 Å². The van der Waals surface area contributed by atoms with Gasteiger partial charge >= 0.3 is 0 Å². The number of nitrogens with one attached hydrogen (secondary N) is 1. The summed E-state index contributed by atoms with van der Waals surface area (Å²) in [6, 6.07) is 6.82. The average Bonchev–Trinajstić information content (AvgIpc) is 2.90. The van der Waals surface area contributed by atoms with E-state index in [1.165, 1.54) is 31.7 Å². The van der Waals surface area contributed by atoms with E-state index in [-0.39, 0.29) is 5.82 Å². The number of halogens is 1. The summed E-state index contributed by atoms with van der Waals surface area (Å²) < 4.78 is 13.5. The van der Waals surface area contributed by atoms with Gasteiger partial charge in [0.2, 0.25) is 0 Å². The molecule has 18 heavy (non-hydrogen) atoms. The summed E-state index contributed by atoms with van der Waals surface area (Å²) in [6.45, 7) is 2.57. The molecule has 1 aromatic rings. The molecular weight excluding hydrogens is 229 g/mol. The van der Waals surface area contributed by atoms with Crippen molar-refractivity contribution in [1.29, 1.82) is 0 Å². The zero-order chi connectivity index (χ0) is 13.0. The Morgan fingerprint density at radius 2 is 2.00 bits per heavy atom. The summed E-state index contributed by atoms with van der Waals surface area (Å²) in [5, 5.41) is 13.3. The van der Waals surface area contributed by atoms with Crippen molar-refractivity contribution in [2.75, 3.05) is 6.54 Å². The van der Waals surface area contributed by atoms with Gasteiger partial charge in [0.1, 0.15) is 5.82 Å². The van der Waals surface area contributed by atoms with Gasteiger partial charge in [-0.2, -0.15) is 0 Å². The fourth-order valence-corrected chi connectivity index (χ4v) is 2.78. The fourth-order valence-electron chi connectivity index (χ4n) is 2.78. The number of aliphatic hydroxyl groups is 1. The zero-order valence-electron chi connectivity index (χ0n) is 10.9. The first-order valence-electron chi connectivity index (χ1n) is 6.84. The molecule has 2 atom stereocenters. The van der Waals surface area contributed by atoms with Crippen LogP contribution in [0.2, 0.25) is 0 Å². The predicted octanol–water partition coefficient (Wildman–Crippen LogP) is 3.03. The molecule has 1 aliphatic rings. The lowest BCUT2D eigenvalue weighted by molar-refractivity contribution is 0.161. The van der Waals surface area contributed by atoms with E-state index in [0.717, 1.165) is 0 Å². The molecule has 0 saturated heterocycles. The highest BCUT2D eigenvalue weighted by Crippen LogP contribution is 2.27. The number of benzene rings is 1. The summed E-state index contributed by atoms with van der Waals surface area (Å²) in [4.78, 5) is 0. The van der Waals surface area contributed by atoms with E-state index >= 15 is 0 Å². The molecule has 0 aromatic heterocycles. The molecule has 0 amide bonds. The normalized spacial score (nSPS) is 19.9. The van der Waals surface area contributed by atoms with Crippen molar-refractivity contribution in [3.05, 3.63) is 35.6 Å². The third kappa shape index (κ3) is 3.30. The highest BCUT2D eigenvalue weighted by molar-refractivity contribution is 5.20. The molecule has 0 radical (unpaired) electrons. The minimum atomic E-state index is -0.768. The minimum absolute atomic E-state index is 0.333. The van der Waals surface area contributed by atoms with Crippen molar-refractivity contribution in [2.24, 2.45) is 5.92 Å². The summed E-state index contributed by atoms with van der Waals surface area (Å²) in [5.41, 5.74) is 0.378. The average molecular weight is 251 g/mol. The van der Waals surface area contributed by atoms with Crippen LogP contribution in [-0.2, 0) is 0 Å². The number of aliphatic hydroxyl groups excluding tert-OH is 1. The highest BCUT2D eigenvalue weighted by atomic mass is 19.1. The maximum atomic E-state index is 13.5. The van der Waals surface area contributed by atoms with E-state index < -0.39 is 6.10 Å². The van der Waals surface area contributed by atoms with Crippen LogP contribution >= 0.6 is 0 Å². The third-order valence-corrected chi connectivity index (χ3v) is 4.00. The SMILES string of the molecule is C[C@H](NCC(O)c1ccccc1F)C1CCCC1. The van der Waals surface area contributed by atoms with Crippen LogP contribution < -0.4 is 5.32 Å². The van der Waals surface area contributed by atoms with Crippen molar-refractivity contribution < 1.29 is 9.50 Å². The lowest BCUT2D eigenvalue weighted by atomic mass is 9.99. The van der Waals surface area contributed by atoms with Crippen LogP contribution in [-0.4, -0.2) is 17.7 Å². The molecule has 2 nitrogen and oxygen atoms in total. The molecule has 1 aliphatic carbocycles. The first kappa shape index (κ1) is 13.5. The Morgan fingerprint density at radius 1 is 1.33 bits per heavy atom. The summed E-state index contributed by atoms with van der Waals surface area (Å²) in [5.74, 6) is 0.373.